The molecule has 1 heterocycles. The molecule has 0 aliphatic carbocycles. The zero-order valence-corrected chi connectivity index (χ0v) is 12.2. The van der Waals surface area contributed by atoms with Crippen molar-refractivity contribution in [2.24, 2.45) is 5.73 Å². The van der Waals surface area contributed by atoms with Crippen LogP contribution in [0.2, 0.25) is 0 Å². The summed E-state index contributed by atoms with van der Waals surface area (Å²) >= 11 is 3.21. The first-order valence-electron chi connectivity index (χ1n) is 6.13. The van der Waals surface area contributed by atoms with E-state index < -0.39 is 6.10 Å². The van der Waals surface area contributed by atoms with Gasteiger partial charge in [0.15, 0.2) is 6.10 Å². The maximum atomic E-state index is 13.0. The molecular formula is C13H16BrFN2O2. The van der Waals surface area contributed by atoms with Crippen LogP contribution in [0.15, 0.2) is 22.7 Å². The highest BCUT2D eigenvalue weighted by molar-refractivity contribution is 9.10. The first-order chi connectivity index (χ1) is 8.97. The van der Waals surface area contributed by atoms with Crippen LogP contribution >= 0.6 is 15.9 Å². The smallest absolute Gasteiger partial charge is 0.263 e. The Morgan fingerprint density at radius 3 is 2.95 bits per heavy atom. The topological polar surface area (TPSA) is 55.6 Å². The Kier molecular flexibility index (Phi) is 4.42. The number of hydrogen-bond donors (Lipinski definition) is 1. The van der Waals surface area contributed by atoms with E-state index in [-0.39, 0.29) is 17.8 Å². The average Bonchev–Trinajstić information content (AvgIpc) is 2.78. The number of carbonyl (C=O) groups excluding carboxylic acids is 1. The highest BCUT2D eigenvalue weighted by atomic mass is 79.9. The van der Waals surface area contributed by atoms with Crippen LogP contribution in [0.3, 0.4) is 0 Å². The second kappa shape index (κ2) is 5.88. The Morgan fingerprint density at radius 2 is 2.37 bits per heavy atom. The van der Waals surface area contributed by atoms with E-state index in [9.17, 15) is 9.18 Å². The van der Waals surface area contributed by atoms with E-state index in [0.29, 0.717) is 23.3 Å². The molecule has 4 nitrogen and oxygen atoms in total. The Bertz CT molecular complexity index is 484. The van der Waals surface area contributed by atoms with Gasteiger partial charge in [-0.2, -0.15) is 0 Å². The van der Waals surface area contributed by atoms with Crippen LogP contribution in [0.4, 0.5) is 4.39 Å². The Labute approximate surface area is 119 Å². The molecule has 1 saturated heterocycles. The van der Waals surface area contributed by atoms with Gasteiger partial charge in [0.2, 0.25) is 0 Å². The van der Waals surface area contributed by atoms with E-state index in [1.807, 2.05) is 0 Å². The van der Waals surface area contributed by atoms with Crippen molar-refractivity contribution in [2.75, 3.05) is 13.1 Å². The van der Waals surface area contributed by atoms with Gasteiger partial charge in [-0.05, 0) is 47.5 Å². The lowest BCUT2D eigenvalue weighted by molar-refractivity contribution is -0.136. The summed E-state index contributed by atoms with van der Waals surface area (Å²) in [7, 11) is 0. The van der Waals surface area contributed by atoms with Crippen LogP contribution in [-0.4, -0.2) is 36.0 Å². The van der Waals surface area contributed by atoms with Crippen LogP contribution in [0.5, 0.6) is 5.75 Å². The molecule has 2 atom stereocenters. The minimum Gasteiger partial charge on any atom is -0.480 e. The molecule has 1 amide bonds. The third-order valence-electron chi connectivity index (χ3n) is 3.08. The fourth-order valence-corrected chi connectivity index (χ4v) is 2.50. The molecule has 1 unspecified atom stereocenters. The molecule has 2 rings (SSSR count). The fraction of sp³-hybridized carbons (Fsp3) is 0.462. The molecule has 2 N–H and O–H groups in total. The maximum absolute atomic E-state index is 13.0. The van der Waals surface area contributed by atoms with Crippen LogP contribution in [-0.2, 0) is 4.79 Å². The molecule has 1 aromatic carbocycles. The number of carbonyl (C=O) groups is 1. The van der Waals surface area contributed by atoms with Crippen molar-refractivity contribution < 1.29 is 13.9 Å². The van der Waals surface area contributed by atoms with E-state index >= 15 is 0 Å². The van der Waals surface area contributed by atoms with Crippen LogP contribution in [0.1, 0.15) is 13.3 Å². The number of nitrogens with zero attached hydrogens (tertiary/aromatic N) is 1. The van der Waals surface area contributed by atoms with Gasteiger partial charge in [0.1, 0.15) is 11.6 Å². The van der Waals surface area contributed by atoms with Crippen LogP contribution in [0, 0.1) is 5.82 Å². The van der Waals surface area contributed by atoms with Crippen molar-refractivity contribution in [3.05, 3.63) is 28.5 Å². The monoisotopic (exact) mass is 330 g/mol. The zero-order chi connectivity index (χ0) is 14.0. The summed E-state index contributed by atoms with van der Waals surface area (Å²) in [6.45, 7) is 2.91. The molecule has 1 fully saturated rings. The molecule has 0 aromatic heterocycles. The van der Waals surface area contributed by atoms with Crippen molar-refractivity contribution in [1.82, 2.24) is 4.90 Å². The van der Waals surface area contributed by atoms with Crippen molar-refractivity contribution in [3.63, 3.8) is 0 Å². The third-order valence-corrected chi connectivity index (χ3v) is 3.70. The lowest BCUT2D eigenvalue weighted by Gasteiger charge is -2.22. The van der Waals surface area contributed by atoms with Crippen molar-refractivity contribution >= 4 is 21.8 Å². The van der Waals surface area contributed by atoms with E-state index in [2.05, 4.69) is 15.9 Å². The molecule has 6 heteroatoms. The normalized spacial score (nSPS) is 20.4. The number of halogens is 2. The lowest BCUT2D eigenvalue weighted by atomic mass is 10.3. The number of ether oxygens (including phenoxy) is 1. The molecule has 0 saturated carbocycles. The summed E-state index contributed by atoms with van der Waals surface area (Å²) in [5.41, 5.74) is 5.77. The standard InChI is InChI=1S/C13H16BrFN2O2/c1-8(13(18)17-5-4-10(16)7-17)19-12-3-2-9(15)6-11(12)14/h2-3,6,8,10H,4-5,7,16H2,1H3/t8?,10-/m1/s1. The summed E-state index contributed by atoms with van der Waals surface area (Å²) in [5, 5.41) is 0. The summed E-state index contributed by atoms with van der Waals surface area (Å²) in [5.74, 6) is -0.00126. The summed E-state index contributed by atoms with van der Waals surface area (Å²) in [6, 6.07) is 4.15. The molecule has 104 valence electrons. The molecule has 0 radical (unpaired) electrons. The Hall–Kier alpha value is -1.14. The Balaban J connectivity index is 2.00. The fourth-order valence-electron chi connectivity index (χ4n) is 2.06. The van der Waals surface area contributed by atoms with Crippen LogP contribution < -0.4 is 10.5 Å². The van der Waals surface area contributed by atoms with E-state index in [0.717, 1.165) is 6.42 Å². The largest absolute Gasteiger partial charge is 0.480 e. The number of rotatable bonds is 3. The number of benzene rings is 1. The first-order valence-corrected chi connectivity index (χ1v) is 6.92. The molecule has 19 heavy (non-hydrogen) atoms. The van der Waals surface area contributed by atoms with Crippen molar-refractivity contribution in [1.29, 1.82) is 0 Å². The number of nitrogens with two attached hydrogens (primary N) is 1. The zero-order valence-electron chi connectivity index (χ0n) is 10.6. The molecule has 1 aliphatic rings. The number of likely N-dealkylation sites (tertiary alicyclic amines) is 1. The van der Waals surface area contributed by atoms with Gasteiger partial charge in [0.05, 0.1) is 4.47 Å². The van der Waals surface area contributed by atoms with Crippen molar-refractivity contribution in [2.45, 2.75) is 25.5 Å². The SMILES string of the molecule is CC(Oc1ccc(F)cc1Br)C(=O)N1CC[C@@H](N)C1. The first kappa shape index (κ1) is 14.3. The third kappa shape index (κ3) is 3.45. The van der Waals surface area contributed by atoms with Gasteiger partial charge in [0.25, 0.3) is 5.91 Å². The second-order valence-corrected chi connectivity index (χ2v) is 5.52. The van der Waals surface area contributed by atoms with Gasteiger partial charge in [-0.25, -0.2) is 4.39 Å². The molecule has 1 aromatic rings. The average molecular weight is 331 g/mol. The minimum absolute atomic E-state index is 0.0497. The van der Waals surface area contributed by atoms with E-state index in [4.69, 9.17) is 10.5 Å². The summed E-state index contributed by atoms with van der Waals surface area (Å²) in [4.78, 5) is 13.8. The number of hydrogen-bond acceptors (Lipinski definition) is 3. The number of amides is 1. The lowest BCUT2D eigenvalue weighted by Crippen LogP contribution is -2.40. The Morgan fingerprint density at radius 1 is 1.63 bits per heavy atom. The highest BCUT2D eigenvalue weighted by Gasteiger charge is 2.28. The summed E-state index contributed by atoms with van der Waals surface area (Å²) < 4.78 is 19.0. The molecule has 1 aliphatic heterocycles. The predicted octanol–water partition coefficient (Wildman–Crippen LogP) is 1.92. The van der Waals surface area contributed by atoms with Gasteiger partial charge in [0, 0.05) is 19.1 Å². The second-order valence-electron chi connectivity index (χ2n) is 4.67. The van der Waals surface area contributed by atoms with Gasteiger partial charge in [-0.3, -0.25) is 4.79 Å². The van der Waals surface area contributed by atoms with Gasteiger partial charge in [-0.15, -0.1) is 0 Å². The van der Waals surface area contributed by atoms with Gasteiger partial charge >= 0.3 is 0 Å². The summed E-state index contributed by atoms with van der Waals surface area (Å²) in [6.07, 6.45) is 0.200. The van der Waals surface area contributed by atoms with Crippen molar-refractivity contribution in [3.8, 4) is 5.75 Å². The quantitative estimate of drug-likeness (QED) is 0.921. The minimum atomic E-state index is -0.618. The van der Waals surface area contributed by atoms with E-state index in [1.54, 1.807) is 11.8 Å². The molecule has 0 bridgehead atoms. The van der Waals surface area contributed by atoms with E-state index in [1.165, 1.54) is 18.2 Å². The maximum Gasteiger partial charge on any atom is 0.263 e. The predicted molar refractivity (Wildman–Crippen MR) is 73.4 cm³/mol. The molecular weight excluding hydrogens is 315 g/mol. The van der Waals surface area contributed by atoms with Gasteiger partial charge in [-0.1, -0.05) is 0 Å². The van der Waals surface area contributed by atoms with Gasteiger partial charge < -0.3 is 15.4 Å². The highest BCUT2D eigenvalue weighted by Crippen LogP contribution is 2.26. The van der Waals surface area contributed by atoms with Crippen LogP contribution in [0.25, 0.3) is 0 Å². The molecule has 0 spiro atoms.